The van der Waals surface area contributed by atoms with Gasteiger partial charge in [0.05, 0.1) is 0 Å². The van der Waals surface area contributed by atoms with Crippen LogP contribution in [0.15, 0.2) is 18.2 Å². The van der Waals surface area contributed by atoms with Crippen molar-refractivity contribution in [2.45, 2.75) is 19.8 Å². The van der Waals surface area contributed by atoms with Crippen LogP contribution >= 0.6 is 11.6 Å². The van der Waals surface area contributed by atoms with Gasteiger partial charge in [-0.25, -0.2) is 9.78 Å². The highest BCUT2D eigenvalue weighted by Crippen LogP contribution is 2.14. The number of hydrogen-bond donors (Lipinski definition) is 3. The normalized spacial score (nSPS) is 10.4. The van der Waals surface area contributed by atoms with Gasteiger partial charge >= 0.3 is 5.97 Å². The van der Waals surface area contributed by atoms with Gasteiger partial charge in [0, 0.05) is 17.3 Å². The Kier molecular flexibility index (Phi) is 4.54. The summed E-state index contributed by atoms with van der Waals surface area (Å²) in [5, 5.41) is 17.5. The second kappa shape index (κ2) is 6.36. The number of amides is 1. The van der Waals surface area contributed by atoms with E-state index in [1.54, 1.807) is 6.07 Å². The Morgan fingerprint density at radius 2 is 2.14 bits per heavy atom. The van der Waals surface area contributed by atoms with Crippen molar-refractivity contribution in [2.24, 2.45) is 0 Å². The lowest BCUT2D eigenvalue weighted by molar-refractivity contribution is 0.0690. The SMILES string of the molecule is CCCc1cc(C(=O)Nc2cc(C(=O)O)[nH]n2)cc(Cl)n1. The number of aryl methyl sites for hydroxylation is 1. The number of carboxylic acids is 1. The van der Waals surface area contributed by atoms with Crippen LogP contribution < -0.4 is 5.32 Å². The lowest BCUT2D eigenvalue weighted by atomic mass is 10.1. The number of hydrogen-bond acceptors (Lipinski definition) is 4. The van der Waals surface area contributed by atoms with E-state index >= 15 is 0 Å². The lowest BCUT2D eigenvalue weighted by Crippen LogP contribution is -2.13. The Morgan fingerprint density at radius 3 is 2.76 bits per heavy atom. The molecule has 2 aromatic rings. The van der Waals surface area contributed by atoms with Crippen LogP contribution in [0.25, 0.3) is 0 Å². The largest absolute Gasteiger partial charge is 0.477 e. The number of nitrogens with zero attached hydrogens (tertiary/aromatic N) is 2. The maximum Gasteiger partial charge on any atom is 0.353 e. The molecule has 8 heteroatoms. The molecule has 0 aliphatic heterocycles. The van der Waals surface area contributed by atoms with Crippen molar-refractivity contribution < 1.29 is 14.7 Å². The van der Waals surface area contributed by atoms with Crippen LogP contribution in [0, 0.1) is 0 Å². The summed E-state index contributed by atoms with van der Waals surface area (Å²) in [6.07, 6.45) is 1.60. The maximum absolute atomic E-state index is 12.1. The zero-order valence-corrected chi connectivity index (χ0v) is 11.9. The molecular weight excluding hydrogens is 296 g/mol. The van der Waals surface area contributed by atoms with Crippen molar-refractivity contribution in [2.75, 3.05) is 5.32 Å². The zero-order valence-electron chi connectivity index (χ0n) is 11.2. The van der Waals surface area contributed by atoms with Gasteiger partial charge in [-0.05, 0) is 18.6 Å². The number of carbonyl (C=O) groups is 2. The molecule has 0 fully saturated rings. The van der Waals surface area contributed by atoms with E-state index in [1.807, 2.05) is 6.92 Å². The number of anilines is 1. The molecule has 7 nitrogen and oxygen atoms in total. The monoisotopic (exact) mass is 308 g/mol. The molecule has 0 unspecified atom stereocenters. The molecule has 0 saturated carbocycles. The van der Waals surface area contributed by atoms with Crippen molar-refractivity contribution >= 4 is 29.3 Å². The van der Waals surface area contributed by atoms with E-state index in [4.69, 9.17) is 16.7 Å². The summed E-state index contributed by atoms with van der Waals surface area (Å²) < 4.78 is 0. The molecule has 0 spiro atoms. The molecule has 21 heavy (non-hydrogen) atoms. The van der Waals surface area contributed by atoms with Crippen LogP contribution in [-0.4, -0.2) is 32.2 Å². The van der Waals surface area contributed by atoms with Crippen molar-refractivity contribution in [3.63, 3.8) is 0 Å². The van der Waals surface area contributed by atoms with E-state index in [0.29, 0.717) is 12.0 Å². The molecule has 0 bridgehead atoms. The average molecular weight is 309 g/mol. The Labute approximate surface area is 125 Å². The standard InChI is InChI=1S/C13H13ClN4O3/c1-2-3-8-4-7(5-10(14)15-8)12(19)16-11-6-9(13(20)21)17-18-11/h4-6H,2-3H2,1H3,(H,20,21)(H2,16,17,18,19). The van der Waals surface area contributed by atoms with E-state index in [1.165, 1.54) is 12.1 Å². The Balaban J connectivity index is 2.17. The van der Waals surface area contributed by atoms with Crippen molar-refractivity contribution in [1.29, 1.82) is 0 Å². The van der Waals surface area contributed by atoms with Crippen LogP contribution in [0.3, 0.4) is 0 Å². The number of H-pyrrole nitrogens is 1. The van der Waals surface area contributed by atoms with Crippen LogP contribution in [0.1, 0.15) is 39.9 Å². The molecule has 1 amide bonds. The first-order valence-corrected chi connectivity index (χ1v) is 6.64. The van der Waals surface area contributed by atoms with Gasteiger partial charge in [0.2, 0.25) is 0 Å². The minimum atomic E-state index is -1.15. The molecule has 0 radical (unpaired) electrons. The Bertz CT molecular complexity index is 684. The van der Waals surface area contributed by atoms with Gasteiger partial charge < -0.3 is 10.4 Å². The molecule has 0 aliphatic carbocycles. The van der Waals surface area contributed by atoms with Crippen LogP contribution in [-0.2, 0) is 6.42 Å². The predicted molar refractivity (Wildman–Crippen MR) is 76.7 cm³/mol. The maximum atomic E-state index is 12.1. The molecule has 2 rings (SSSR count). The highest BCUT2D eigenvalue weighted by Gasteiger charge is 2.13. The Morgan fingerprint density at radius 1 is 1.38 bits per heavy atom. The number of aromatic nitrogens is 3. The number of aromatic amines is 1. The van der Waals surface area contributed by atoms with Gasteiger partial charge in [-0.3, -0.25) is 9.89 Å². The van der Waals surface area contributed by atoms with Gasteiger partial charge in [0.25, 0.3) is 5.91 Å². The third-order valence-corrected chi connectivity index (χ3v) is 2.86. The molecule has 2 heterocycles. The quantitative estimate of drug-likeness (QED) is 0.735. The van der Waals surface area contributed by atoms with E-state index in [2.05, 4.69) is 20.5 Å². The molecular formula is C13H13ClN4O3. The summed E-state index contributed by atoms with van der Waals surface area (Å²) in [6.45, 7) is 2.00. The van der Waals surface area contributed by atoms with E-state index < -0.39 is 11.9 Å². The second-order valence-corrected chi connectivity index (χ2v) is 4.73. The van der Waals surface area contributed by atoms with Crippen LogP contribution in [0.4, 0.5) is 5.82 Å². The van der Waals surface area contributed by atoms with E-state index in [0.717, 1.165) is 12.1 Å². The third-order valence-electron chi connectivity index (χ3n) is 2.67. The second-order valence-electron chi connectivity index (χ2n) is 4.35. The topological polar surface area (TPSA) is 108 Å². The Hall–Kier alpha value is -2.41. The first-order valence-electron chi connectivity index (χ1n) is 6.26. The summed E-state index contributed by atoms with van der Waals surface area (Å²) in [5.74, 6) is -1.46. The van der Waals surface area contributed by atoms with Gasteiger partial charge in [-0.1, -0.05) is 24.9 Å². The minimum Gasteiger partial charge on any atom is -0.477 e. The number of carbonyl (C=O) groups excluding carboxylic acids is 1. The predicted octanol–water partition coefficient (Wildman–Crippen LogP) is 2.36. The summed E-state index contributed by atoms with van der Waals surface area (Å²) in [7, 11) is 0. The van der Waals surface area contributed by atoms with Gasteiger partial charge in [-0.15, -0.1) is 0 Å². The highest BCUT2D eigenvalue weighted by atomic mass is 35.5. The highest BCUT2D eigenvalue weighted by molar-refractivity contribution is 6.29. The molecule has 3 N–H and O–H groups in total. The summed E-state index contributed by atoms with van der Waals surface area (Å²) in [5.41, 5.74) is 0.964. The number of halogens is 1. The fourth-order valence-electron chi connectivity index (χ4n) is 1.75. The van der Waals surface area contributed by atoms with Crippen molar-refractivity contribution in [3.05, 3.63) is 40.3 Å². The number of carboxylic acid groups (broad SMARTS) is 1. The number of pyridine rings is 1. The molecule has 2 aromatic heterocycles. The zero-order chi connectivity index (χ0) is 15.4. The van der Waals surface area contributed by atoms with E-state index in [9.17, 15) is 9.59 Å². The summed E-state index contributed by atoms with van der Waals surface area (Å²) in [6, 6.07) is 4.33. The molecule has 0 atom stereocenters. The van der Waals surface area contributed by atoms with Gasteiger partial charge in [0.1, 0.15) is 10.8 Å². The number of nitrogens with one attached hydrogen (secondary N) is 2. The summed E-state index contributed by atoms with van der Waals surface area (Å²) in [4.78, 5) is 27.0. The third kappa shape index (κ3) is 3.79. The van der Waals surface area contributed by atoms with Crippen LogP contribution in [0.2, 0.25) is 5.15 Å². The first kappa shape index (κ1) is 15.0. The van der Waals surface area contributed by atoms with Gasteiger partial charge in [0.15, 0.2) is 5.82 Å². The fraction of sp³-hybridized carbons (Fsp3) is 0.231. The molecule has 0 saturated heterocycles. The first-order chi connectivity index (χ1) is 9.99. The lowest BCUT2D eigenvalue weighted by Gasteiger charge is -2.05. The molecule has 0 aromatic carbocycles. The molecule has 110 valence electrons. The number of rotatable bonds is 5. The molecule has 0 aliphatic rings. The average Bonchev–Trinajstić information content (AvgIpc) is 2.87. The minimum absolute atomic E-state index is 0.107. The fourth-order valence-corrected chi connectivity index (χ4v) is 1.98. The van der Waals surface area contributed by atoms with Crippen LogP contribution in [0.5, 0.6) is 0 Å². The smallest absolute Gasteiger partial charge is 0.353 e. The number of aromatic carboxylic acids is 1. The van der Waals surface area contributed by atoms with Crippen molar-refractivity contribution in [3.8, 4) is 0 Å². The summed E-state index contributed by atoms with van der Waals surface area (Å²) >= 11 is 5.89. The van der Waals surface area contributed by atoms with E-state index in [-0.39, 0.29) is 16.7 Å². The van der Waals surface area contributed by atoms with Crippen molar-refractivity contribution in [1.82, 2.24) is 15.2 Å². The van der Waals surface area contributed by atoms with Gasteiger partial charge in [-0.2, -0.15) is 5.10 Å².